The van der Waals surface area contributed by atoms with Crippen LogP contribution in [0.3, 0.4) is 0 Å². The first-order valence-electron chi connectivity index (χ1n) is 7.31. The Morgan fingerprint density at radius 1 is 0.905 bits per heavy atom. The summed E-state index contributed by atoms with van der Waals surface area (Å²) in [7, 11) is 0. The molecule has 0 amide bonds. The Bertz CT molecular complexity index is 696. The Hall–Kier alpha value is -0.790. The normalized spacial score (nSPS) is 18.6. The molecule has 0 N–H and O–H groups in total. The van der Waals surface area contributed by atoms with Crippen LogP contribution in [0.25, 0.3) is 11.1 Å². The number of hydrogen-bond acceptors (Lipinski definition) is 0. The molecule has 2 heteroatoms. The van der Waals surface area contributed by atoms with Crippen LogP contribution in [0, 0.1) is 0 Å². The van der Waals surface area contributed by atoms with Crippen molar-refractivity contribution < 1.29 is 0 Å². The van der Waals surface area contributed by atoms with Crippen LogP contribution in [0.5, 0.6) is 0 Å². The molecule has 1 aliphatic rings. The van der Waals surface area contributed by atoms with Crippen LogP contribution in [0.4, 0.5) is 0 Å². The Kier molecular flexibility index (Phi) is 3.50. The van der Waals surface area contributed by atoms with Gasteiger partial charge < -0.3 is 0 Å². The average Bonchev–Trinajstić information content (AvgIpc) is 2.55. The number of fused-ring (bicyclic) bond motifs is 1. The molecule has 0 aromatic heterocycles. The maximum Gasteiger partial charge on any atom is 0.0406 e. The van der Waals surface area contributed by atoms with Gasteiger partial charge in [0.25, 0.3) is 0 Å². The summed E-state index contributed by atoms with van der Waals surface area (Å²) in [5.41, 5.74) is 5.85. The van der Waals surface area contributed by atoms with Gasteiger partial charge in [-0.15, -0.1) is 0 Å². The summed E-state index contributed by atoms with van der Waals surface area (Å²) in [6.07, 6.45) is 1.19. The van der Waals surface area contributed by atoms with Gasteiger partial charge in [0.1, 0.15) is 0 Å². The van der Waals surface area contributed by atoms with E-state index in [0.717, 1.165) is 9.50 Å². The van der Waals surface area contributed by atoms with Crippen LogP contribution in [-0.2, 0) is 10.8 Å². The Balaban J connectivity index is 2.20. The highest BCUT2D eigenvalue weighted by atomic mass is 79.9. The molecule has 0 heterocycles. The summed E-state index contributed by atoms with van der Waals surface area (Å²) in [5, 5.41) is 0.775. The van der Waals surface area contributed by atoms with Crippen LogP contribution in [0.2, 0.25) is 5.02 Å². The van der Waals surface area contributed by atoms with E-state index in [2.05, 4.69) is 67.9 Å². The molecule has 0 saturated carbocycles. The summed E-state index contributed by atoms with van der Waals surface area (Å²) in [6, 6.07) is 12.7. The molecule has 21 heavy (non-hydrogen) atoms. The third-order valence-electron chi connectivity index (χ3n) is 4.60. The lowest BCUT2D eigenvalue weighted by atomic mass is 9.82. The van der Waals surface area contributed by atoms with Gasteiger partial charge in [-0.1, -0.05) is 67.4 Å². The van der Waals surface area contributed by atoms with Crippen molar-refractivity contribution in [1.29, 1.82) is 0 Å². The molecule has 0 fully saturated rings. The minimum absolute atomic E-state index is 0.223. The fourth-order valence-corrected chi connectivity index (χ4v) is 4.54. The lowest BCUT2D eigenvalue weighted by Gasteiger charge is -2.22. The zero-order valence-electron chi connectivity index (χ0n) is 12.9. The fraction of sp³-hybridized carbons (Fsp3) is 0.368. The van der Waals surface area contributed by atoms with Crippen LogP contribution in [-0.4, -0.2) is 0 Å². The third kappa shape index (κ3) is 2.55. The molecule has 0 nitrogen and oxygen atoms in total. The molecule has 2 aromatic rings. The SMILES string of the molecule is CC1(C)CC(C)(C)c2cc(-c3ccc(Cl)cc3)c(Br)cc21. The van der Waals surface area contributed by atoms with E-state index in [0.29, 0.717) is 0 Å². The first-order chi connectivity index (χ1) is 9.71. The van der Waals surface area contributed by atoms with Crippen molar-refractivity contribution in [1.82, 2.24) is 0 Å². The second-order valence-electron chi connectivity index (χ2n) is 7.33. The standard InChI is InChI=1S/C19H20BrCl/c1-18(2)11-19(3,4)16-10-17(20)14(9-15(16)18)12-5-7-13(21)8-6-12/h5-10H,11H2,1-4H3. The average molecular weight is 364 g/mol. The van der Waals surface area contributed by atoms with Crippen molar-refractivity contribution >= 4 is 27.5 Å². The van der Waals surface area contributed by atoms with E-state index >= 15 is 0 Å². The van der Waals surface area contributed by atoms with Crippen molar-refractivity contribution in [3.8, 4) is 11.1 Å². The molecular weight excluding hydrogens is 344 g/mol. The van der Waals surface area contributed by atoms with Crippen molar-refractivity contribution in [2.24, 2.45) is 0 Å². The van der Waals surface area contributed by atoms with Crippen LogP contribution in [0.15, 0.2) is 40.9 Å². The highest BCUT2D eigenvalue weighted by Crippen LogP contribution is 2.51. The molecule has 0 atom stereocenters. The predicted octanol–water partition coefficient (Wildman–Crippen LogP) is 6.73. The van der Waals surface area contributed by atoms with E-state index in [4.69, 9.17) is 11.6 Å². The molecule has 0 aliphatic heterocycles. The van der Waals surface area contributed by atoms with Gasteiger partial charge in [0.15, 0.2) is 0 Å². The lowest BCUT2D eigenvalue weighted by molar-refractivity contribution is 0.403. The quantitative estimate of drug-likeness (QED) is 0.527. The minimum Gasteiger partial charge on any atom is -0.0843 e. The van der Waals surface area contributed by atoms with Crippen molar-refractivity contribution in [3.05, 3.63) is 57.0 Å². The molecule has 110 valence electrons. The summed E-state index contributed by atoms with van der Waals surface area (Å²) in [4.78, 5) is 0. The maximum absolute atomic E-state index is 6.00. The molecule has 0 saturated heterocycles. The van der Waals surface area contributed by atoms with Crippen LogP contribution in [0.1, 0.15) is 45.2 Å². The van der Waals surface area contributed by atoms with Crippen molar-refractivity contribution in [3.63, 3.8) is 0 Å². The number of benzene rings is 2. The fourth-order valence-electron chi connectivity index (χ4n) is 3.84. The van der Waals surface area contributed by atoms with E-state index in [1.807, 2.05) is 12.1 Å². The highest BCUT2D eigenvalue weighted by molar-refractivity contribution is 9.10. The minimum atomic E-state index is 0.223. The molecule has 0 radical (unpaired) electrons. The second kappa shape index (κ2) is 4.86. The highest BCUT2D eigenvalue weighted by Gasteiger charge is 2.42. The lowest BCUT2D eigenvalue weighted by Crippen LogP contribution is -2.17. The van der Waals surface area contributed by atoms with E-state index in [9.17, 15) is 0 Å². The molecule has 3 rings (SSSR count). The van der Waals surface area contributed by atoms with Gasteiger partial charge in [-0.3, -0.25) is 0 Å². The van der Waals surface area contributed by atoms with Gasteiger partial charge in [-0.2, -0.15) is 0 Å². The van der Waals surface area contributed by atoms with Crippen molar-refractivity contribution in [2.45, 2.75) is 44.9 Å². The van der Waals surface area contributed by atoms with Gasteiger partial charge in [-0.05, 0) is 63.8 Å². The van der Waals surface area contributed by atoms with E-state index < -0.39 is 0 Å². The summed E-state index contributed by atoms with van der Waals surface area (Å²) < 4.78 is 1.16. The molecule has 0 unspecified atom stereocenters. The largest absolute Gasteiger partial charge is 0.0843 e. The van der Waals surface area contributed by atoms with Gasteiger partial charge in [0.2, 0.25) is 0 Å². The smallest absolute Gasteiger partial charge is 0.0406 e. The Morgan fingerprint density at radius 3 is 2.00 bits per heavy atom. The maximum atomic E-state index is 6.00. The Labute approximate surface area is 140 Å². The summed E-state index contributed by atoms with van der Waals surface area (Å²) in [5.74, 6) is 0. The number of hydrogen-bond donors (Lipinski definition) is 0. The molecule has 2 aromatic carbocycles. The summed E-state index contributed by atoms with van der Waals surface area (Å²) in [6.45, 7) is 9.38. The zero-order chi connectivity index (χ0) is 15.4. The van der Waals surface area contributed by atoms with Gasteiger partial charge >= 0.3 is 0 Å². The van der Waals surface area contributed by atoms with Gasteiger partial charge in [-0.25, -0.2) is 0 Å². The van der Waals surface area contributed by atoms with Crippen molar-refractivity contribution in [2.75, 3.05) is 0 Å². The molecule has 1 aliphatic carbocycles. The number of rotatable bonds is 1. The first-order valence-corrected chi connectivity index (χ1v) is 8.48. The predicted molar refractivity (Wildman–Crippen MR) is 95.3 cm³/mol. The monoisotopic (exact) mass is 362 g/mol. The number of halogens is 2. The van der Waals surface area contributed by atoms with E-state index in [1.165, 1.54) is 28.7 Å². The van der Waals surface area contributed by atoms with E-state index in [-0.39, 0.29) is 10.8 Å². The van der Waals surface area contributed by atoms with E-state index in [1.54, 1.807) is 0 Å². The van der Waals surface area contributed by atoms with Crippen LogP contribution >= 0.6 is 27.5 Å². The van der Waals surface area contributed by atoms with Crippen LogP contribution < -0.4 is 0 Å². The first kappa shape index (κ1) is 15.1. The van der Waals surface area contributed by atoms with Gasteiger partial charge in [0.05, 0.1) is 0 Å². The molecular formula is C19H20BrCl. The topological polar surface area (TPSA) is 0 Å². The molecule has 0 bridgehead atoms. The zero-order valence-corrected chi connectivity index (χ0v) is 15.3. The molecule has 0 spiro atoms. The van der Waals surface area contributed by atoms with Gasteiger partial charge in [0, 0.05) is 9.50 Å². The second-order valence-corrected chi connectivity index (χ2v) is 8.62. The Morgan fingerprint density at radius 2 is 1.43 bits per heavy atom. The summed E-state index contributed by atoms with van der Waals surface area (Å²) >= 11 is 9.77. The third-order valence-corrected chi connectivity index (χ3v) is 5.51.